The number of ether oxygens (including phenoxy) is 1. The maximum absolute atomic E-state index is 13.4. The number of benzene rings is 3. The van der Waals surface area contributed by atoms with Crippen molar-refractivity contribution in [1.29, 1.82) is 0 Å². The van der Waals surface area contributed by atoms with E-state index in [1.165, 1.54) is 12.0 Å². The average Bonchev–Trinajstić information content (AvgIpc) is 3.15. The van der Waals surface area contributed by atoms with Crippen LogP contribution in [-0.4, -0.2) is 37.0 Å². The number of Topliss-reactive ketones (excluding diaryl/α,β-unsaturated/α-hetero) is 1. The molecule has 0 saturated carbocycles. The van der Waals surface area contributed by atoms with Gasteiger partial charge >= 0.3 is 0 Å². The summed E-state index contributed by atoms with van der Waals surface area (Å²) in [5.74, 6) is -1.36. The molecule has 1 unspecified atom stereocenters. The Bertz CT molecular complexity index is 1330. The van der Waals surface area contributed by atoms with Crippen molar-refractivity contribution >= 4 is 40.4 Å². The standard InChI is InChI=1S/C29H29ClN2O4/c1-5-31(6-2)20-12-10-19(11-13-20)26-25(27(33)23-17-22(36-4)14-15-24(23)30)28(34)29(35)32(26)21-9-7-8-18(3)16-21/h7-17,26,33H,5-6H2,1-4H3/b27-25+. The van der Waals surface area contributed by atoms with Gasteiger partial charge in [0.05, 0.1) is 23.7 Å². The predicted molar refractivity (Wildman–Crippen MR) is 144 cm³/mol. The first kappa shape index (κ1) is 25.3. The first-order valence-corrected chi connectivity index (χ1v) is 12.2. The van der Waals surface area contributed by atoms with Crippen LogP contribution in [-0.2, 0) is 9.59 Å². The minimum atomic E-state index is -0.833. The molecule has 7 heteroatoms. The van der Waals surface area contributed by atoms with Crippen molar-refractivity contribution in [2.24, 2.45) is 0 Å². The molecule has 0 bridgehead atoms. The number of aryl methyl sites for hydroxylation is 1. The van der Waals surface area contributed by atoms with Gasteiger partial charge in [0.25, 0.3) is 11.7 Å². The highest BCUT2D eigenvalue weighted by Gasteiger charge is 2.47. The monoisotopic (exact) mass is 504 g/mol. The largest absolute Gasteiger partial charge is 0.507 e. The van der Waals surface area contributed by atoms with Gasteiger partial charge in [-0.05, 0) is 74.4 Å². The van der Waals surface area contributed by atoms with Gasteiger partial charge in [-0.2, -0.15) is 0 Å². The number of carbonyl (C=O) groups is 2. The number of amides is 1. The van der Waals surface area contributed by atoms with Crippen molar-refractivity contribution in [3.05, 3.63) is 94.0 Å². The number of aliphatic hydroxyl groups excluding tert-OH is 1. The molecule has 1 aliphatic heterocycles. The van der Waals surface area contributed by atoms with Gasteiger partial charge in [-0.15, -0.1) is 0 Å². The van der Waals surface area contributed by atoms with Crippen LogP contribution in [0.2, 0.25) is 5.02 Å². The number of methoxy groups -OCH3 is 1. The Hall–Kier alpha value is -3.77. The summed E-state index contributed by atoms with van der Waals surface area (Å²) in [6.07, 6.45) is 0. The number of rotatable bonds is 7. The molecular weight excluding hydrogens is 476 g/mol. The molecule has 6 nitrogen and oxygen atoms in total. The first-order valence-electron chi connectivity index (χ1n) is 11.9. The zero-order chi connectivity index (χ0) is 26.0. The normalized spacial score (nSPS) is 16.9. The van der Waals surface area contributed by atoms with E-state index < -0.39 is 17.7 Å². The summed E-state index contributed by atoms with van der Waals surface area (Å²) in [6.45, 7) is 7.80. The number of halogens is 1. The summed E-state index contributed by atoms with van der Waals surface area (Å²) < 4.78 is 5.28. The Kier molecular flexibility index (Phi) is 7.36. The highest BCUT2D eigenvalue weighted by atomic mass is 35.5. The molecule has 4 rings (SSSR count). The number of anilines is 2. The smallest absolute Gasteiger partial charge is 0.300 e. The summed E-state index contributed by atoms with van der Waals surface area (Å²) in [6, 6.07) is 19.1. The quantitative estimate of drug-likeness (QED) is 0.238. The summed E-state index contributed by atoms with van der Waals surface area (Å²) in [5, 5.41) is 11.7. The van der Waals surface area contributed by atoms with E-state index in [1.54, 1.807) is 24.3 Å². The van der Waals surface area contributed by atoms with E-state index >= 15 is 0 Å². The van der Waals surface area contributed by atoms with Crippen LogP contribution in [0.1, 0.15) is 36.6 Å². The van der Waals surface area contributed by atoms with E-state index in [0.29, 0.717) is 17.0 Å². The van der Waals surface area contributed by atoms with E-state index in [1.807, 2.05) is 49.4 Å². The second-order valence-corrected chi connectivity index (χ2v) is 9.02. The third-order valence-corrected chi connectivity index (χ3v) is 6.82. The Labute approximate surface area is 216 Å². The van der Waals surface area contributed by atoms with Crippen molar-refractivity contribution in [3.8, 4) is 5.75 Å². The molecular formula is C29H29ClN2O4. The molecule has 1 fully saturated rings. The molecule has 3 aromatic carbocycles. The SMILES string of the molecule is CCN(CC)c1ccc(C2/C(=C(\O)c3cc(OC)ccc3Cl)C(=O)C(=O)N2c2cccc(C)c2)cc1. The number of hydrogen-bond acceptors (Lipinski definition) is 5. The Morgan fingerprint density at radius 1 is 1.03 bits per heavy atom. The number of hydrogen-bond donors (Lipinski definition) is 1. The number of aliphatic hydroxyl groups is 1. The van der Waals surface area contributed by atoms with E-state index in [-0.39, 0.29) is 21.9 Å². The maximum Gasteiger partial charge on any atom is 0.300 e. The molecule has 1 heterocycles. The molecule has 0 radical (unpaired) electrons. The molecule has 3 aromatic rings. The molecule has 1 amide bonds. The van der Waals surface area contributed by atoms with Gasteiger partial charge in [0.2, 0.25) is 0 Å². The van der Waals surface area contributed by atoms with Gasteiger partial charge in [0.15, 0.2) is 0 Å². The van der Waals surface area contributed by atoms with Crippen molar-refractivity contribution in [2.45, 2.75) is 26.8 Å². The van der Waals surface area contributed by atoms with Crippen LogP contribution in [0.25, 0.3) is 5.76 Å². The summed E-state index contributed by atoms with van der Waals surface area (Å²) in [5.41, 5.74) is 3.46. The van der Waals surface area contributed by atoms with Crippen molar-refractivity contribution < 1.29 is 19.4 Å². The van der Waals surface area contributed by atoms with Crippen LogP contribution in [0.15, 0.2) is 72.3 Å². The molecule has 1 aliphatic rings. The molecule has 0 aromatic heterocycles. The lowest BCUT2D eigenvalue weighted by molar-refractivity contribution is -0.132. The summed E-state index contributed by atoms with van der Waals surface area (Å²) in [4.78, 5) is 30.5. The third kappa shape index (κ3) is 4.56. The van der Waals surface area contributed by atoms with Gasteiger partial charge in [-0.25, -0.2) is 0 Å². The van der Waals surface area contributed by atoms with Crippen molar-refractivity contribution in [2.75, 3.05) is 30.0 Å². The van der Waals surface area contributed by atoms with Crippen molar-refractivity contribution in [3.63, 3.8) is 0 Å². The summed E-state index contributed by atoms with van der Waals surface area (Å²) in [7, 11) is 1.50. The molecule has 36 heavy (non-hydrogen) atoms. The van der Waals surface area contributed by atoms with Crippen molar-refractivity contribution in [1.82, 2.24) is 0 Å². The van der Waals surface area contributed by atoms with E-state index in [9.17, 15) is 14.7 Å². The lowest BCUT2D eigenvalue weighted by atomic mass is 9.94. The second kappa shape index (κ2) is 10.5. The fourth-order valence-corrected chi connectivity index (χ4v) is 4.81. The van der Waals surface area contributed by atoms with Crippen LogP contribution >= 0.6 is 11.6 Å². The minimum absolute atomic E-state index is 0.0211. The highest BCUT2D eigenvalue weighted by Crippen LogP contribution is 2.43. The molecule has 1 saturated heterocycles. The van der Waals surface area contributed by atoms with E-state index in [4.69, 9.17) is 16.3 Å². The van der Waals surface area contributed by atoms with Gasteiger partial charge < -0.3 is 14.7 Å². The van der Waals surface area contributed by atoms with Gasteiger partial charge in [-0.1, -0.05) is 35.9 Å². The third-order valence-electron chi connectivity index (χ3n) is 6.49. The van der Waals surface area contributed by atoms with E-state index in [2.05, 4.69) is 18.7 Å². The lowest BCUT2D eigenvalue weighted by Gasteiger charge is -2.27. The second-order valence-electron chi connectivity index (χ2n) is 8.62. The Morgan fingerprint density at radius 2 is 1.72 bits per heavy atom. The molecule has 186 valence electrons. The van der Waals surface area contributed by atoms with Gasteiger partial charge in [0.1, 0.15) is 11.5 Å². The zero-order valence-electron chi connectivity index (χ0n) is 20.8. The Balaban J connectivity index is 1.93. The fraction of sp³-hybridized carbons (Fsp3) is 0.241. The summed E-state index contributed by atoms with van der Waals surface area (Å²) >= 11 is 6.40. The number of nitrogens with zero attached hydrogens (tertiary/aromatic N) is 2. The highest BCUT2D eigenvalue weighted by molar-refractivity contribution is 6.52. The van der Waals surface area contributed by atoms with E-state index in [0.717, 1.165) is 24.3 Å². The van der Waals surface area contributed by atoms with Gasteiger partial charge in [-0.3, -0.25) is 14.5 Å². The van der Waals surface area contributed by atoms with Crippen LogP contribution in [0.4, 0.5) is 11.4 Å². The van der Waals surface area contributed by atoms with Crippen LogP contribution in [0.5, 0.6) is 5.75 Å². The van der Waals surface area contributed by atoms with Crippen LogP contribution < -0.4 is 14.5 Å². The number of ketones is 1. The van der Waals surface area contributed by atoms with Crippen LogP contribution in [0.3, 0.4) is 0 Å². The predicted octanol–water partition coefficient (Wildman–Crippen LogP) is 6.13. The minimum Gasteiger partial charge on any atom is -0.507 e. The Morgan fingerprint density at radius 3 is 2.33 bits per heavy atom. The first-order chi connectivity index (χ1) is 17.3. The average molecular weight is 505 g/mol. The maximum atomic E-state index is 13.4. The number of carbonyl (C=O) groups excluding carboxylic acids is 2. The molecule has 0 spiro atoms. The van der Waals surface area contributed by atoms with Gasteiger partial charge in [0, 0.05) is 30.0 Å². The lowest BCUT2D eigenvalue weighted by Crippen LogP contribution is -2.29. The molecule has 0 aliphatic carbocycles. The molecule has 1 N–H and O–H groups in total. The van der Waals surface area contributed by atoms with Crippen LogP contribution in [0, 0.1) is 6.92 Å². The topological polar surface area (TPSA) is 70.1 Å². The fourth-order valence-electron chi connectivity index (χ4n) is 4.61. The molecule has 1 atom stereocenters. The zero-order valence-corrected chi connectivity index (χ0v) is 21.5.